The van der Waals surface area contributed by atoms with Crippen molar-refractivity contribution in [1.82, 2.24) is 0 Å². The van der Waals surface area contributed by atoms with Gasteiger partial charge in [-0.15, -0.1) is 0 Å². The third-order valence-electron chi connectivity index (χ3n) is 3.36. The van der Waals surface area contributed by atoms with E-state index < -0.39 is 18.1 Å². The van der Waals surface area contributed by atoms with Crippen LogP contribution in [0.5, 0.6) is 5.75 Å². The molecule has 104 valence electrons. The molecular weight excluding hydrogens is 268 g/mol. The largest absolute Gasteiger partial charge is 0.480 e. The summed E-state index contributed by atoms with van der Waals surface area (Å²) in [4.78, 5) is 11.0. The van der Waals surface area contributed by atoms with Gasteiger partial charge in [-0.05, 0) is 23.8 Å². The minimum Gasteiger partial charge on any atom is -0.480 e. The summed E-state index contributed by atoms with van der Waals surface area (Å²) in [6.07, 6.45) is -0.431. The van der Waals surface area contributed by atoms with E-state index in [9.17, 15) is 10.1 Å². The smallest absolute Gasteiger partial charge is 0.335 e. The van der Waals surface area contributed by atoms with Crippen LogP contribution in [0.3, 0.4) is 0 Å². The van der Waals surface area contributed by atoms with Crippen LogP contribution in [0.4, 0.5) is 5.69 Å². The third kappa shape index (κ3) is 2.39. The van der Waals surface area contributed by atoms with Crippen molar-refractivity contribution in [2.24, 2.45) is 0 Å². The van der Waals surface area contributed by atoms with Crippen LogP contribution in [-0.4, -0.2) is 17.1 Å². The summed E-state index contributed by atoms with van der Waals surface area (Å²) in [6.45, 7) is 0. The maximum atomic E-state index is 11.0. The molecule has 0 saturated carbocycles. The van der Waals surface area contributed by atoms with Gasteiger partial charge in [-0.25, -0.2) is 4.79 Å². The number of carboxylic acid groups (broad SMARTS) is 1. The number of anilines is 1. The topological polar surface area (TPSA) is 82.4 Å². The highest BCUT2D eigenvalue weighted by Crippen LogP contribution is 2.37. The van der Waals surface area contributed by atoms with E-state index >= 15 is 0 Å². The van der Waals surface area contributed by atoms with E-state index in [0.717, 1.165) is 5.56 Å². The maximum Gasteiger partial charge on any atom is 0.335 e. The summed E-state index contributed by atoms with van der Waals surface area (Å²) >= 11 is 0. The molecule has 5 heteroatoms. The fraction of sp³-hybridized carbons (Fsp3) is 0.125. The molecule has 0 radical (unpaired) electrons. The van der Waals surface area contributed by atoms with Gasteiger partial charge in [0, 0.05) is 0 Å². The average molecular weight is 280 g/mol. The van der Waals surface area contributed by atoms with E-state index in [2.05, 4.69) is 11.4 Å². The third-order valence-corrected chi connectivity index (χ3v) is 3.36. The van der Waals surface area contributed by atoms with Crippen LogP contribution >= 0.6 is 0 Å². The minimum absolute atomic E-state index is 0.153. The number of fused-ring (bicyclic) bond motifs is 1. The molecule has 1 aliphatic rings. The van der Waals surface area contributed by atoms with Gasteiger partial charge in [-0.3, -0.25) is 0 Å². The molecule has 0 amide bonds. The number of carboxylic acids is 1. The molecule has 0 fully saturated rings. The van der Waals surface area contributed by atoms with Crippen LogP contribution < -0.4 is 10.1 Å². The highest BCUT2D eigenvalue weighted by molar-refractivity contribution is 5.89. The molecule has 0 bridgehead atoms. The first-order chi connectivity index (χ1) is 10.2. The molecule has 1 aliphatic heterocycles. The summed E-state index contributed by atoms with van der Waals surface area (Å²) < 4.78 is 5.88. The van der Waals surface area contributed by atoms with E-state index in [4.69, 9.17) is 9.84 Å². The van der Waals surface area contributed by atoms with Crippen molar-refractivity contribution in [2.45, 2.75) is 12.1 Å². The number of benzene rings is 2. The van der Waals surface area contributed by atoms with E-state index in [0.29, 0.717) is 11.4 Å². The number of ether oxygens (including phenoxy) is 1. The van der Waals surface area contributed by atoms with Gasteiger partial charge >= 0.3 is 5.97 Å². The number of rotatable bonds is 2. The molecule has 2 aromatic carbocycles. The standard InChI is InChI=1S/C16H12N2O3/c17-9-13-15(10-4-2-1-3-5-10)21-14-7-6-11(16(19)20)8-12(14)18-13/h1-8,13,15,18H,(H,19,20). The summed E-state index contributed by atoms with van der Waals surface area (Å²) in [5.74, 6) is -0.473. The quantitative estimate of drug-likeness (QED) is 0.883. The van der Waals surface area contributed by atoms with Gasteiger partial charge in [0.15, 0.2) is 12.1 Å². The van der Waals surface area contributed by atoms with Gasteiger partial charge in [-0.1, -0.05) is 30.3 Å². The number of nitrogens with zero attached hydrogens (tertiary/aromatic N) is 1. The molecule has 5 nitrogen and oxygen atoms in total. The summed E-state index contributed by atoms with van der Waals surface area (Å²) in [6, 6.07) is 15.6. The number of hydrogen-bond acceptors (Lipinski definition) is 4. The average Bonchev–Trinajstić information content (AvgIpc) is 2.53. The second-order valence-electron chi connectivity index (χ2n) is 4.72. The normalized spacial score (nSPS) is 19.6. The number of carbonyl (C=O) groups is 1. The highest BCUT2D eigenvalue weighted by atomic mass is 16.5. The van der Waals surface area contributed by atoms with Crippen molar-refractivity contribution < 1.29 is 14.6 Å². The SMILES string of the molecule is N#CC1Nc2cc(C(=O)O)ccc2OC1c1ccccc1. The second kappa shape index (κ2) is 5.17. The van der Waals surface area contributed by atoms with Crippen LogP contribution in [0.1, 0.15) is 22.0 Å². The van der Waals surface area contributed by atoms with Crippen molar-refractivity contribution in [2.75, 3.05) is 5.32 Å². The Morgan fingerprint density at radius 1 is 1.24 bits per heavy atom. The van der Waals surface area contributed by atoms with E-state index in [1.807, 2.05) is 30.3 Å². The lowest BCUT2D eigenvalue weighted by molar-refractivity contribution is 0.0697. The maximum absolute atomic E-state index is 11.0. The second-order valence-corrected chi connectivity index (χ2v) is 4.72. The lowest BCUT2D eigenvalue weighted by Gasteiger charge is -2.31. The number of nitriles is 1. The molecule has 2 atom stereocenters. The molecule has 0 saturated heterocycles. The van der Waals surface area contributed by atoms with Crippen molar-refractivity contribution in [3.8, 4) is 11.8 Å². The molecular formula is C16H12N2O3. The lowest BCUT2D eigenvalue weighted by atomic mass is 10.0. The Bertz CT molecular complexity index is 722. The van der Waals surface area contributed by atoms with E-state index in [1.54, 1.807) is 6.07 Å². The Hall–Kier alpha value is -3.00. The van der Waals surface area contributed by atoms with Gasteiger partial charge in [-0.2, -0.15) is 5.26 Å². The van der Waals surface area contributed by atoms with Crippen molar-refractivity contribution in [3.63, 3.8) is 0 Å². The Kier molecular flexibility index (Phi) is 3.20. The Morgan fingerprint density at radius 3 is 2.67 bits per heavy atom. The molecule has 3 rings (SSSR count). The highest BCUT2D eigenvalue weighted by Gasteiger charge is 2.31. The van der Waals surface area contributed by atoms with Crippen LogP contribution in [0, 0.1) is 11.3 Å². The summed E-state index contributed by atoms with van der Waals surface area (Å²) in [7, 11) is 0. The Labute approximate surface area is 121 Å². The lowest BCUT2D eigenvalue weighted by Crippen LogP contribution is -2.34. The van der Waals surface area contributed by atoms with Crippen LogP contribution in [0.2, 0.25) is 0 Å². The molecule has 0 aliphatic carbocycles. The van der Waals surface area contributed by atoms with Gasteiger partial charge < -0.3 is 15.2 Å². The van der Waals surface area contributed by atoms with Gasteiger partial charge in [0.05, 0.1) is 17.3 Å². The van der Waals surface area contributed by atoms with E-state index in [1.165, 1.54) is 12.1 Å². The van der Waals surface area contributed by atoms with E-state index in [-0.39, 0.29) is 5.56 Å². The molecule has 0 aromatic heterocycles. The monoisotopic (exact) mass is 280 g/mol. The van der Waals surface area contributed by atoms with Crippen LogP contribution in [0.25, 0.3) is 0 Å². The first-order valence-electron chi connectivity index (χ1n) is 6.44. The predicted octanol–water partition coefficient (Wildman–Crippen LogP) is 2.82. The van der Waals surface area contributed by atoms with Gasteiger partial charge in [0.1, 0.15) is 5.75 Å². The fourth-order valence-electron chi connectivity index (χ4n) is 2.33. The van der Waals surface area contributed by atoms with Crippen molar-refractivity contribution >= 4 is 11.7 Å². The van der Waals surface area contributed by atoms with Crippen LogP contribution in [0.15, 0.2) is 48.5 Å². The van der Waals surface area contributed by atoms with Gasteiger partial charge in [0.2, 0.25) is 0 Å². The molecule has 21 heavy (non-hydrogen) atoms. The Morgan fingerprint density at radius 2 is 2.00 bits per heavy atom. The first kappa shape index (κ1) is 13.0. The van der Waals surface area contributed by atoms with Crippen molar-refractivity contribution in [1.29, 1.82) is 5.26 Å². The van der Waals surface area contributed by atoms with Crippen LogP contribution in [-0.2, 0) is 0 Å². The number of nitrogens with one attached hydrogen (secondary N) is 1. The zero-order valence-electron chi connectivity index (χ0n) is 11.0. The van der Waals surface area contributed by atoms with Gasteiger partial charge in [0.25, 0.3) is 0 Å². The Balaban J connectivity index is 1.98. The number of hydrogen-bond donors (Lipinski definition) is 2. The molecule has 2 N–H and O–H groups in total. The minimum atomic E-state index is -1.02. The summed E-state index contributed by atoms with van der Waals surface area (Å²) in [5.41, 5.74) is 1.57. The zero-order valence-corrected chi connectivity index (χ0v) is 11.0. The van der Waals surface area contributed by atoms with Crippen molar-refractivity contribution in [3.05, 3.63) is 59.7 Å². The summed E-state index contributed by atoms with van der Waals surface area (Å²) in [5, 5.41) is 21.4. The molecule has 2 aromatic rings. The zero-order chi connectivity index (χ0) is 14.8. The predicted molar refractivity (Wildman–Crippen MR) is 76.2 cm³/mol. The fourth-order valence-corrected chi connectivity index (χ4v) is 2.33. The first-order valence-corrected chi connectivity index (χ1v) is 6.44. The molecule has 0 spiro atoms. The molecule has 1 heterocycles. The number of aromatic carboxylic acids is 1. The molecule has 2 unspecified atom stereocenters.